The predicted molar refractivity (Wildman–Crippen MR) is 75.5 cm³/mol. The van der Waals surface area contributed by atoms with Crippen LogP contribution >= 0.6 is 11.6 Å². The second-order valence-electron chi connectivity index (χ2n) is 5.37. The van der Waals surface area contributed by atoms with E-state index in [4.69, 9.17) is 11.6 Å². The topological polar surface area (TPSA) is 67.2 Å². The van der Waals surface area contributed by atoms with E-state index in [-0.39, 0.29) is 6.04 Å². The molecule has 1 atom stereocenters. The van der Waals surface area contributed by atoms with Crippen molar-refractivity contribution in [3.63, 3.8) is 0 Å². The Labute approximate surface area is 118 Å². The maximum absolute atomic E-state index is 11.4. The highest BCUT2D eigenvalue weighted by Crippen LogP contribution is 2.16. The minimum Gasteiger partial charge on any atom is -0.480 e. The number of carboxylic acids is 1. The van der Waals surface area contributed by atoms with E-state index in [9.17, 15) is 9.90 Å². The number of aliphatic carboxylic acids is 1. The second kappa shape index (κ2) is 6.39. The third-order valence-electron chi connectivity index (χ3n) is 3.03. The lowest BCUT2D eigenvalue weighted by atomic mass is 9.95. The molecule has 5 nitrogen and oxygen atoms in total. The highest BCUT2D eigenvalue weighted by Gasteiger charge is 2.32. The minimum atomic E-state index is -0.903. The van der Waals surface area contributed by atoms with E-state index in [1.54, 1.807) is 17.8 Å². The number of nitrogens with one attached hydrogen (secondary N) is 1. The van der Waals surface area contributed by atoms with Crippen molar-refractivity contribution >= 4 is 17.6 Å². The molecule has 0 aliphatic carbocycles. The molecule has 108 valence electrons. The number of rotatable bonds is 7. The SMILES string of the molecule is Cc1nn(CCCC(C)(NC(C)C)C(=O)O)cc1Cl. The summed E-state index contributed by atoms with van der Waals surface area (Å²) in [4.78, 5) is 11.4. The maximum atomic E-state index is 11.4. The molecule has 0 bridgehead atoms. The lowest BCUT2D eigenvalue weighted by Crippen LogP contribution is -2.52. The molecular formula is C13H22ClN3O2. The molecule has 0 saturated heterocycles. The summed E-state index contributed by atoms with van der Waals surface area (Å²) in [6.45, 7) is 8.11. The molecule has 19 heavy (non-hydrogen) atoms. The molecule has 0 aromatic carbocycles. The summed E-state index contributed by atoms with van der Waals surface area (Å²) in [6.07, 6.45) is 3.03. The van der Waals surface area contributed by atoms with Gasteiger partial charge in [-0.1, -0.05) is 11.6 Å². The second-order valence-corrected chi connectivity index (χ2v) is 5.77. The van der Waals surface area contributed by atoms with Crippen molar-refractivity contribution in [2.45, 2.75) is 58.7 Å². The number of carbonyl (C=O) groups is 1. The fourth-order valence-corrected chi connectivity index (χ4v) is 2.23. The Morgan fingerprint density at radius 2 is 2.26 bits per heavy atom. The van der Waals surface area contributed by atoms with E-state index in [1.165, 1.54) is 0 Å². The van der Waals surface area contributed by atoms with Crippen molar-refractivity contribution < 1.29 is 9.90 Å². The number of hydrogen-bond donors (Lipinski definition) is 2. The molecule has 2 N–H and O–H groups in total. The Kier molecular flexibility index (Phi) is 5.38. The van der Waals surface area contributed by atoms with Crippen molar-refractivity contribution in [1.29, 1.82) is 0 Å². The fraction of sp³-hybridized carbons (Fsp3) is 0.692. The summed E-state index contributed by atoms with van der Waals surface area (Å²) in [5, 5.41) is 17.3. The van der Waals surface area contributed by atoms with Crippen LogP contribution in [0.4, 0.5) is 0 Å². The summed E-state index contributed by atoms with van der Waals surface area (Å²) in [5.74, 6) is -0.823. The molecule has 6 heteroatoms. The lowest BCUT2D eigenvalue weighted by molar-refractivity contribution is -0.144. The van der Waals surface area contributed by atoms with Gasteiger partial charge in [0.1, 0.15) is 5.54 Å². The molecule has 1 aromatic heterocycles. The molecule has 0 aliphatic heterocycles. The van der Waals surface area contributed by atoms with Gasteiger partial charge in [-0.2, -0.15) is 5.10 Å². The van der Waals surface area contributed by atoms with Crippen LogP contribution in [0.1, 0.15) is 39.3 Å². The van der Waals surface area contributed by atoms with Crippen molar-refractivity contribution in [1.82, 2.24) is 15.1 Å². The quantitative estimate of drug-likeness (QED) is 0.808. The van der Waals surface area contributed by atoms with Gasteiger partial charge >= 0.3 is 5.97 Å². The molecular weight excluding hydrogens is 266 g/mol. The highest BCUT2D eigenvalue weighted by molar-refractivity contribution is 6.31. The summed E-state index contributed by atoms with van der Waals surface area (Å²) in [6, 6.07) is 0.127. The fourth-order valence-electron chi connectivity index (χ4n) is 2.08. The lowest BCUT2D eigenvalue weighted by Gasteiger charge is -2.28. The van der Waals surface area contributed by atoms with Crippen LogP contribution in [0.25, 0.3) is 0 Å². The molecule has 1 aromatic rings. The Balaban J connectivity index is 2.55. The van der Waals surface area contributed by atoms with Crippen LogP contribution in [-0.4, -0.2) is 32.4 Å². The Morgan fingerprint density at radius 1 is 1.63 bits per heavy atom. The predicted octanol–water partition coefficient (Wildman–Crippen LogP) is 2.47. The van der Waals surface area contributed by atoms with Crippen molar-refractivity contribution in [3.05, 3.63) is 16.9 Å². The molecule has 1 heterocycles. The van der Waals surface area contributed by atoms with Gasteiger partial charge in [-0.15, -0.1) is 0 Å². The monoisotopic (exact) mass is 287 g/mol. The number of hydrogen-bond acceptors (Lipinski definition) is 3. The minimum absolute atomic E-state index is 0.127. The zero-order valence-electron chi connectivity index (χ0n) is 11.9. The summed E-state index contributed by atoms with van der Waals surface area (Å²) < 4.78 is 1.76. The van der Waals surface area contributed by atoms with E-state index in [2.05, 4.69) is 10.4 Å². The third kappa shape index (κ3) is 4.51. The molecule has 1 rings (SSSR count). The normalized spacial score (nSPS) is 14.6. The van der Waals surface area contributed by atoms with Gasteiger partial charge in [0.25, 0.3) is 0 Å². The standard InChI is InChI=1S/C13H22ClN3O2/c1-9(2)15-13(4,12(18)19)6-5-7-17-8-11(14)10(3)16-17/h8-9,15H,5-7H2,1-4H3,(H,18,19). The Morgan fingerprint density at radius 3 is 2.68 bits per heavy atom. The molecule has 0 aliphatic rings. The highest BCUT2D eigenvalue weighted by atomic mass is 35.5. The van der Waals surface area contributed by atoms with Gasteiger partial charge in [-0.25, -0.2) is 0 Å². The van der Waals surface area contributed by atoms with Gasteiger partial charge in [-0.3, -0.25) is 14.8 Å². The van der Waals surface area contributed by atoms with Crippen LogP contribution in [0.3, 0.4) is 0 Å². The third-order valence-corrected chi connectivity index (χ3v) is 3.40. The van der Waals surface area contributed by atoms with Gasteiger partial charge in [0, 0.05) is 18.8 Å². The maximum Gasteiger partial charge on any atom is 0.323 e. The van der Waals surface area contributed by atoms with E-state index in [0.29, 0.717) is 18.0 Å². The summed E-state index contributed by atoms with van der Waals surface area (Å²) >= 11 is 5.93. The summed E-state index contributed by atoms with van der Waals surface area (Å²) in [5.41, 5.74) is -0.108. The molecule has 0 spiro atoms. The van der Waals surface area contributed by atoms with Gasteiger partial charge in [0.2, 0.25) is 0 Å². The molecule has 0 amide bonds. The Bertz CT molecular complexity index is 426. The molecule has 0 saturated carbocycles. The van der Waals surface area contributed by atoms with Crippen molar-refractivity contribution in [2.75, 3.05) is 0 Å². The van der Waals surface area contributed by atoms with E-state index in [0.717, 1.165) is 12.1 Å². The van der Waals surface area contributed by atoms with Gasteiger partial charge in [0.15, 0.2) is 0 Å². The van der Waals surface area contributed by atoms with E-state index >= 15 is 0 Å². The van der Waals surface area contributed by atoms with Crippen LogP contribution in [-0.2, 0) is 11.3 Å². The van der Waals surface area contributed by atoms with Gasteiger partial charge in [0.05, 0.1) is 10.7 Å². The summed E-state index contributed by atoms with van der Waals surface area (Å²) in [7, 11) is 0. The zero-order chi connectivity index (χ0) is 14.6. The smallest absolute Gasteiger partial charge is 0.323 e. The average Bonchev–Trinajstić information content (AvgIpc) is 2.57. The number of aromatic nitrogens is 2. The molecule has 0 radical (unpaired) electrons. The van der Waals surface area contributed by atoms with Gasteiger partial charge < -0.3 is 5.11 Å². The van der Waals surface area contributed by atoms with Crippen LogP contribution in [0.2, 0.25) is 5.02 Å². The number of aryl methyl sites for hydroxylation is 2. The van der Waals surface area contributed by atoms with E-state index < -0.39 is 11.5 Å². The van der Waals surface area contributed by atoms with Crippen LogP contribution in [0.15, 0.2) is 6.20 Å². The number of carboxylic acid groups (broad SMARTS) is 1. The zero-order valence-corrected chi connectivity index (χ0v) is 12.7. The first-order valence-electron chi connectivity index (χ1n) is 6.45. The van der Waals surface area contributed by atoms with Crippen LogP contribution in [0, 0.1) is 6.92 Å². The van der Waals surface area contributed by atoms with Crippen LogP contribution in [0.5, 0.6) is 0 Å². The number of nitrogens with zero attached hydrogens (tertiary/aromatic N) is 2. The van der Waals surface area contributed by atoms with Crippen LogP contribution < -0.4 is 5.32 Å². The molecule has 1 unspecified atom stereocenters. The largest absolute Gasteiger partial charge is 0.480 e. The number of halogens is 1. The van der Waals surface area contributed by atoms with Crippen molar-refractivity contribution in [2.24, 2.45) is 0 Å². The van der Waals surface area contributed by atoms with Gasteiger partial charge in [-0.05, 0) is 40.5 Å². The van der Waals surface area contributed by atoms with E-state index in [1.807, 2.05) is 20.8 Å². The average molecular weight is 288 g/mol. The first kappa shape index (κ1) is 16.0. The first-order chi connectivity index (χ1) is 8.74. The Hall–Kier alpha value is -1.07. The first-order valence-corrected chi connectivity index (χ1v) is 6.83. The molecule has 0 fully saturated rings. The van der Waals surface area contributed by atoms with Crippen molar-refractivity contribution in [3.8, 4) is 0 Å².